The van der Waals surface area contributed by atoms with Crippen LogP contribution in [0.1, 0.15) is 98.5 Å². The Kier molecular flexibility index (Phi) is 15.2. The molecule has 296 valence electrons. The first-order valence-electron chi connectivity index (χ1n) is 19.0. The molecular weight excluding hydrogens is 720 g/mol. The van der Waals surface area contributed by atoms with Crippen LogP contribution in [0, 0.1) is 0 Å². The summed E-state index contributed by atoms with van der Waals surface area (Å²) < 4.78 is 37.5. The number of ether oxygens (including phenoxy) is 7. The van der Waals surface area contributed by atoms with Gasteiger partial charge in [-0.3, -0.25) is 4.79 Å². The highest BCUT2D eigenvalue weighted by molar-refractivity contribution is 5.94. The van der Waals surface area contributed by atoms with Crippen molar-refractivity contribution in [1.82, 2.24) is 0 Å². The van der Waals surface area contributed by atoms with Gasteiger partial charge in [0, 0.05) is 17.6 Å². The Bertz CT molecular complexity index is 1890. The first-order chi connectivity index (χ1) is 27.1. The monoisotopic (exact) mass is 768 g/mol. The predicted octanol–water partition coefficient (Wildman–Crippen LogP) is 8.59. The van der Waals surface area contributed by atoms with E-state index < -0.39 is 30.0 Å². The van der Waals surface area contributed by atoms with Gasteiger partial charge in [0.1, 0.15) is 23.4 Å². The minimum Gasteiger partial charge on any atom is -0.494 e. The molecule has 0 radical (unpaired) electrons. The van der Waals surface area contributed by atoms with Gasteiger partial charge in [-0.1, -0.05) is 38.6 Å². The number of hydrogen-bond donors (Lipinski definition) is 0. The molecule has 3 aromatic carbocycles. The number of hydrogen-bond acceptors (Lipinski definition) is 12. The van der Waals surface area contributed by atoms with Gasteiger partial charge in [0.05, 0.1) is 38.4 Å². The van der Waals surface area contributed by atoms with Crippen LogP contribution < -0.4 is 14.2 Å². The van der Waals surface area contributed by atoms with E-state index >= 15 is 0 Å². The summed E-state index contributed by atoms with van der Waals surface area (Å²) in [6.45, 7) is 9.92. The van der Waals surface area contributed by atoms with Gasteiger partial charge in [0.25, 0.3) is 0 Å². The van der Waals surface area contributed by atoms with E-state index in [1.165, 1.54) is 0 Å². The molecule has 12 heteroatoms. The second kappa shape index (κ2) is 20.7. The number of esters is 4. The fraction of sp³-hybridized carbons (Fsp3) is 0.386. The molecule has 0 amide bonds. The summed E-state index contributed by atoms with van der Waals surface area (Å²) in [6, 6.07) is 17.5. The fourth-order valence-corrected chi connectivity index (χ4v) is 6.47. The molecular formula is C44H48O12. The Labute approximate surface area is 326 Å². The minimum absolute atomic E-state index is 0.0692. The maximum atomic E-state index is 13.1. The van der Waals surface area contributed by atoms with Gasteiger partial charge in [0.15, 0.2) is 0 Å². The van der Waals surface area contributed by atoms with E-state index in [4.69, 9.17) is 33.2 Å². The number of unbranched alkanes of at least 4 members (excludes halogenated alkanes) is 2. The molecule has 1 fully saturated rings. The zero-order chi connectivity index (χ0) is 39.9. The van der Waals surface area contributed by atoms with Crippen LogP contribution in [0.25, 0.3) is 11.1 Å². The van der Waals surface area contributed by atoms with Gasteiger partial charge in [-0.2, -0.15) is 0 Å². The van der Waals surface area contributed by atoms with Crippen molar-refractivity contribution in [1.29, 1.82) is 0 Å². The average Bonchev–Trinajstić information content (AvgIpc) is 3.47. The molecule has 0 aromatic heterocycles. The van der Waals surface area contributed by atoms with Gasteiger partial charge < -0.3 is 33.2 Å². The topological polar surface area (TPSA) is 150 Å². The third-order valence-corrected chi connectivity index (χ3v) is 9.48. The lowest BCUT2D eigenvalue weighted by molar-refractivity contribution is -0.151. The summed E-state index contributed by atoms with van der Waals surface area (Å²) >= 11 is 0. The molecule has 56 heavy (non-hydrogen) atoms. The van der Waals surface area contributed by atoms with Gasteiger partial charge in [-0.15, -0.1) is 0 Å². The van der Waals surface area contributed by atoms with E-state index in [-0.39, 0.29) is 43.8 Å². The normalized spacial score (nSPS) is 14.3. The molecule has 5 rings (SSSR count). The van der Waals surface area contributed by atoms with Crippen molar-refractivity contribution < 1.29 is 57.1 Å². The minimum atomic E-state index is -0.828. The zero-order valence-electron chi connectivity index (χ0n) is 31.7. The largest absolute Gasteiger partial charge is 0.513 e. The summed E-state index contributed by atoms with van der Waals surface area (Å²) in [6.07, 6.45) is 7.23. The number of carbonyl (C=O) groups excluding carboxylic acids is 5. The van der Waals surface area contributed by atoms with Crippen molar-refractivity contribution in [2.24, 2.45) is 0 Å². The Hall–Kier alpha value is -5.91. The highest BCUT2D eigenvalue weighted by Crippen LogP contribution is 2.46. The molecule has 2 aliphatic carbocycles. The first kappa shape index (κ1) is 41.3. The third kappa shape index (κ3) is 12.0. The molecule has 1 atom stereocenters. The lowest BCUT2D eigenvalue weighted by Gasteiger charge is -2.21. The molecule has 0 N–H and O–H groups in total. The van der Waals surface area contributed by atoms with Gasteiger partial charge >= 0.3 is 30.0 Å². The van der Waals surface area contributed by atoms with Crippen molar-refractivity contribution in [3.05, 3.63) is 102 Å². The van der Waals surface area contributed by atoms with E-state index in [0.717, 1.165) is 60.4 Å². The Morgan fingerprint density at radius 2 is 1.30 bits per heavy atom. The van der Waals surface area contributed by atoms with E-state index in [1.54, 1.807) is 42.5 Å². The zero-order valence-corrected chi connectivity index (χ0v) is 31.7. The number of benzene rings is 3. The van der Waals surface area contributed by atoms with Crippen LogP contribution in [0.15, 0.2) is 85.5 Å². The lowest BCUT2D eigenvalue weighted by atomic mass is 9.98. The molecule has 0 bridgehead atoms. The van der Waals surface area contributed by atoms with Crippen LogP contribution in [0.3, 0.4) is 0 Å². The molecule has 0 aliphatic heterocycles. The van der Waals surface area contributed by atoms with Crippen molar-refractivity contribution in [2.75, 3.05) is 26.4 Å². The average molecular weight is 769 g/mol. The van der Waals surface area contributed by atoms with E-state index in [9.17, 15) is 24.0 Å². The van der Waals surface area contributed by atoms with Crippen molar-refractivity contribution in [3.8, 4) is 28.4 Å². The van der Waals surface area contributed by atoms with E-state index in [2.05, 4.69) is 13.2 Å². The Morgan fingerprint density at radius 3 is 2.02 bits per heavy atom. The quantitative estimate of drug-likeness (QED) is 0.0287. The molecule has 2 aliphatic rings. The summed E-state index contributed by atoms with van der Waals surface area (Å²) in [5.74, 6) is -0.830. The summed E-state index contributed by atoms with van der Waals surface area (Å²) in [5.41, 5.74) is 4.33. The number of carbonyl (C=O) groups is 5. The highest BCUT2D eigenvalue weighted by atomic mass is 16.7. The van der Waals surface area contributed by atoms with Crippen molar-refractivity contribution in [2.45, 2.75) is 83.2 Å². The lowest BCUT2D eigenvalue weighted by Crippen LogP contribution is -2.22. The van der Waals surface area contributed by atoms with Crippen LogP contribution in [-0.4, -0.2) is 62.6 Å². The molecule has 1 saturated carbocycles. The van der Waals surface area contributed by atoms with E-state index in [0.29, 0.717) is 55.1 Å². The molecule has 12 nitrogen and oxygen atoms in total. The number of fused-ring (bicyclic) bond motifs is 3. The molecule has 0 saturated heterocycles. The number of rotatable bonds is 19. The summed E-state index contributed by atoms with van der Waals surface area (Å²) in [4.78, 5) is 60.8. The Morgan fingerprint density at radius 1 is 0.696 bits per heavy atom. The predicted molar refractivity (Wildman–Crippen MR) is 206 cm³/mol. The summed E-state index contributed by atoms with van der Waals surface area (Å²) in [5, 5.41) is 0. The maximum absolute atomic E-state index is 13.1. The molecule has 0 heterocycles. The van der Waals surface area contributed by atoms with Crippen LogP contribution in [0.2, 0.25) is 0 Å². The molecule has 1 unspecified atom stereocenters. The smallest absolute Gasteiger partial charge is 0.494 e. The van der Waals surface area contributed by atoms with Crippen molar-refractivity contribution >= 4 is 30.0 Å². The maximum Gasteiger partial charge on any atom is 0.513 e. The van der Waals surface area contributed by atoms with Crippen LogP contribution in [-0.2, 0) is 33.3 Å². The second-order valence-corrected chi connectivity index (χ2v) is 13.6. The molecule has 0 spiro atoms. The highest BCUT2D eigenvalue weighted by Gasteiger charge is 2.28. The molecule has 3 aromatic rings. The standard InChI is InChI=1S/C44H48O12/c1-4-40(45)51-23-9-11-25-53-44(49)56-35-19-21-37-36-20-14-31(27-38(36)30(3)39(37)28-35)43(48)55-34-17-15-32(16-18-34)50-22-8-10-24-52-42(47)29(2)26-41(46)54-33-12-6-5-7-13-33/h4,14-21,27-28,30,33H,1-2,5-13,22-26H2,3H3. The van der Waals surface area contributed by atoms with Crippen LogP contribution >= 0.6 is 0 Å². The van der Waals surface area contributed by atoms with Crippen LogP contribution in [0.4, 0.5) is 4.79 Å². The van der Waals surface area contributed by atoms with Gasteiger partial charge in [0.2, 0.25) is 0 Å². The SMILES string of the molecule is C=CC(=O)OCCCCOC(=O)Oc1ccc2c(c1)C(C)c1cc(C(=O)Oc3ccc(OCCCCOC(=O)C(=C)CC(=O)OC4CCCCC4)cc3)ccc1-2. The van der Waals surface area contributed by atoms with Crippen LogP contribution in [0.5, 0.6) is 17.2 Å². The Balaban J connectivity index is 0.997. The summed E-state index contributed by atoms with van der Waals surface area (Å²) in [7, 11) is 0. The van der Waals surface area contributed by atoms with Gasteiger partial charge in [-0.25, -0.2) is 19.2 Å². The van der Waals surface area contributed by atoms with Crippen molar-refractivity contribution in [3.63, 3.8) is 0 Å². The fourth-order valence-electron chi connectivity index (χ4n) is 6.47. The van der Waals surface area contributed by atoms with Gasteiger partial charge in [-0.05, 0) is 122 Å². The second-order valence-electron chi connectivity index (χ2n) is 13.6. The third-order valence-electron chi connectivity index (χ3n) is 9.48. The van der Waals surface area contributed by atoms with E-state index in [1.807, 2.05) is 25.1 Å². The first-order valence-corrected chi connectivity index (χ1v) is 19.0.